The molecule has 6 aromatic rings. The summed E-state index contributed by atoms with van der Waals surface area (Å²) in [4.78, 5) is 0. The van der Waals surface area contributed by atoms with Crippen LogP contribution in [0.3, 0.4) is 0 Å². The van der Waals surface area contributed by atoms with Gasteiger partial charge in [-0.3, -0.25) is 0 Å². The van der Waals surface area contributed by atoms with Gasteiger partial charge in [-0.05, 0) is 51.9 Å². The topological polar surface area (TPSA) is 27.7 Å². The number of fused-ring (bicyclic) bond motifs is 1. The monoisotopic (exact) mass is 578 g/mol. The Morgan fingerprint density at radius 1 is 0.568 bits per heavy atom. The Morgan fingerprint density at radius 2 is 1.16 bits per heavy atom. The predicted molar refractivity (Wildman–Crippen MR) is 181 cm³/mol. The summed E-state index contributed by atoms with van der Waals surface area (Å²) in [6.45, 7) is 5.16. The van der Waals surface area contributed by atoms with Crippen LogP contribution in [0.15, 0.2) is 146 Å². The van der Waals surface area contributed by atoms with Crippen LogP contribution in [0.5, 0.6) is 11.5 Å². The normalized spacial score (nSPS) is 12.5. The molecule has 0 radical (unpaired) electrons. The Kier molecular flexibility index (Phi) is 9.35. The SMILES string of the molecule is CCC(C)c1ccc(OC(OCCOc2c(-c3ccccc3)cccc2-c2ccccc2)c2cccc3ccccc23)cc1. The molecule has 44 heavy (non-hydrogen) atoms. The molecular formula is C41H38O3. The minimum Gasteiger partial charge on any atom is -0.490 e. The standard InChI is InChI=1S/C41H38O3/c1-3-30(2)31-24-26-35(27-25-31)44-41(39-23-12-19-32-18-10-11-20-36(32)39)43-29-28-42-40-37(33-14-6-4-7-15-33)21-13-22-38(40)34-16-8-5-9-17-34/h4-27,30,41H,3,28-29H2,1-2H3. The summed E-state index contributed by atoms with van der Waals surface area (Å²) in [7, 11) is 0. The van der Waals surface area contributed by atoms with Crippen molar-refractivity contribution >= 4 is 10.8 Å². The Balaban J connectivity index is 1.26. The molecule has 0 bridgehead atoms. The number of rotatable bonds is 12. The lowest BCUT2D eigenvalue weighted by molar-refractivity contribution is -0.0893. The Morgan fingerprint density at radius 3 is 1.82 bits per heavy atom. The lowest BCUT2D eigenvalue weighted by atomic mass is 9.97. The molecule has 3 nitrogen and oxygen atoms in total. The van der Waals surface area contributed by atoms with E-state index in [1.54, 1.807) is 0 Å². The molecule has 0 saturated heterocycles. The van der Waals surface area contributed by atoms with E-state index < -0.39 is 6.29 Å². The summed E-state index contributed by atoms with van der Waals surface area (Å²) in [5, 5.41) is 2.26. The van der Waals surface area contributed by atoms with Gasteiger partial charge in [-0.15, -0.1) is 0 Å². The van der Waals surface area contributed by atoms with Crippen LogP contribution >= 0.6 is 0 Å². The van der Waals surface area contributed by atoms with Gasteiger partial charge in [0.15, 0.2) is 0 Å². The Bertz CT molecular complexity index is 1720. The zero-order chi connectivity index (χ0) is 30.1. The molecule has 0 fully saturated rings. The van der Waals surface area contributed by atoms with Gasteiger partial charge >= 0.3 is 0 Å². The van der Waals surface area contributed by atoms with E-state index >= 15 is 0 Å². The van der Waals surface area contributed by atoms with Crippen molar-refractivity contribution in [3.8, 4) is 33.8 Å². The average Bonchev–Trinajstić information content (AvgIpc) is 3.10. The van der Waals surface area contributed by atoms with E-state index in [9.17, 15) is 0 Å². The number of para-hydroxylation sites is 1. The number of ether oxygens (including phenoxy) is 3. The fraction of sp³-hybridized carbons (Fsp3) is 0.171. The van der Waals surface area contributed by atoms with E-state index in [2.05, 4.69) is 135 Å². The maximum Gasteiger partial charge on any atom is 0.227 e. The van der Waals surface area contributed by atoms with E-state index in [1.165, 1.54) is 5.56 Å². The van der Waals surface area contributed by atoms with Gasteiger partial charge in [-0.25, -0.2) is 0 Å². The summed E-state index contributed by atoms with van der Waals surface area (Å²) in [6, 6.07) is 50.1. The van der Waals surface area contributed by atoms with Gasteiger partial charge in [0.05, 0.1) is 6.61 Å². The van der Waals surface area contributed by atoms with Crippen LogP contribution in [0, 0.1) is 0 Å². The fourth-order valence-electron chi connectivity index (χ4n) is 5.56. The average molecular weight is 579 g/mol. The van der Waals surface area contributed by atoms with Gasteiger partial charge in [0, 0.05) is 16.7 Å². The minimum atomic E-state index is -0.600. The third-order valence-corrected chi connectivity index (χ3v) is 8.17. The molecular weight excluding hydrogens is 540 g/mol. The highest BCUT2D eigenvalue weighted by atomic mass is 16.7. The largest absolute Gasteiger partial charge is 0.490 e. The van der Waals surface area contributed by atoms with Crippen molar-refractivity contribution in [2.24, 2.45) is 0 Å². The van der Waals surface area contributed by atoms with Gasteiger partial charge in [0.1, 0.15) is 18.1 Å². The molecule has 0 aliphatic rings. The second-order valence-corrected chi connectivity index (χ2v) is 11.0. The quantitative estimate of drug-likeness (QED) is 0.107. The van der Waals surface area contributed by atoms with Crippen molar-refractivity contribution in [1.82, 2.24) is 0 Å². The van der Waals surface area contributed by atoms with E-state index in [0.717, 1.165) is 56.5 Å². The Hall–Kier alpha value is -4.86. The minimum absolute atomic E-state index is 0.343. The first-order valence-corrected chi connectivity index (χ1v) is 15.4. The molecule has 0 aliphatic carbocycles. The molecule has 0 spiro atoms. The van der Waals surface area contributed by atoms with Crippen LogP contribution in [-0.4, -0.2) is 13.2 Å². The molecule has 2 atom stereocenters. The predicted octanol–water partition coefficient (Wildman–Crippen LogP) is 10.9. The molecule has 0 aromatic heterocycles. The first-order valence-electron chi connectivity index (χ1n) is 15.4. The Labute approximate surface area is 260 Å². The number of hydrogen-bond acceptors (Lipinski definition) is 3. The molecule has 220 valence electrons. The van der Waals surface area contributed by atoms with Gasteiger partial charge in [0.2, 0.25) is 6.29 Å². The lowest BCUT2D eigenvalue weighted by Crippen LogP contribution is -2.17. The second kappa shape index (κ2) is 14.1. The summed E-state index contributed by atoms with van der Waals surface area (Å²) in [5.41, 5.74) is 6.62. The summed E-state index contributed by atoms with van der Waals surface area (Å²) in [6.07, 6.45) is 0.499. The molecule has 0 N–H and O–H groups in total. The van der Waals surface area contributed by atoms with Gasteiger partial charge in [-0.1, -0.05) is 147 Å². The van der Waals surface area contributed by atoms with Crippen molar-refractivity contribution in [1.29, 1.82) is 0 Å². The number of benzene rings is 6. The summed E-state index contributed by atoms with van der Waals surface area (Å²) in [5.74, 6) is 2.12. The van der Waals surface area contributed by atoms with E-state index in [-0.39, 0.29) is 0 Å². The summed E-state index contributed by atoms with van der Waals surface area (Å²) >= 11 is 0. The third-order valence-electron chi connectivity index (χ3n) is 8.17. The molecule has 2 unspecified atom stereocenters. The molecule has 0 saturated carbocycles. The van der Waals surface area contributed by atoms with E-state index in [0.29, 0.717) is 19.1 Å². The first kappa shape index (κ1) is 29.2. The molecule has 0 heterocycles. The molecule has 0 aliphatic heterocycles. The number of hydrogen-bond donors (Lipinski definition) is 0. The third kappa shape index (κ3) is 6.69. The van der Waals surface area contributed by atoms with Crippen LogP contribution in [0.2, 0.25) is 0 Å². The smallest absolute Gasteiger partial charge is 0.227 e. The first-order chi connectivity index (χ1) is 21.7. The highest BCUT2D eigenvalue weighted by molar-refractivity contribution is 5.86. The van der Waals surface area contributed by atoms with Gasteiger partial charge < -0.3 is 14.2 Å². The lowest BCUT2D eigenvalue weighted by Gasteiger charge is -2.23. The maximum absolute atomic E-state index is 6.57. The molecule has 6 rings (SSSR count). The zero-order valence-corrected chi connectivity index (χ0v) is 25.4. The van der Waals surface area contributed by atoms with Gasteiger partial charge in [-0.2, -0.15) is 0 Å². The van der Waals surface area contributed by atoms with Crippen LogP contribution in [0.1, 0.15) is 43.6 Å². The highest BCUT2D eigenvalue weighted by Crippen LogP contribution is 2.39. The van der Waals surface area contributed by atoms with Crippen LogP contribution in [0.25, 0.3) is 33.0 Å². The van der Waals surface area contributed by atoms with E-state index in [1.807, 2.05) is 24.3 Å². The van der Waals surface area contributed by atoms with Crippen molar-refractivity contribution < 1.29 is 14.2 Å². The van der Waals surface area contributed by atoms with Crippen LogP contribution in [-0.2, 0) is 4.74 Å². The molecule has 0 amide bonds. The van der Waals surface area contributed by atoms with Crippen molar-refractivity contribution in [2.45, 2.75) is 32.5 Å². The zero-order valence-electron chi connectivity index (χ0n) is 25.4. The van der Waals surface area contributed by atoms with Crippen molar-refractivity contribution in [3.05, 3.63) is 157 Å². The highest BCUT2D eigenvalue weighted by Gasteiger charge is 2.19. The summed E-state index contributed by atoms with van der Waals surface area (Å²) < 4.78 is 19.6. The molecule has 3 heteroatoms. The van der Waals surface area contributed by atoms with Crippen LogP contribution < -0.4 is 9.47 Å². The maximum atomic E-state index is 6.57. The van der Waals surface area contributed by atoms with Crippen molar-refractivity contribution in [3.63, 3.8) is 0 Å². The van der Waals surface area contributed by atoms with E-state index in [4.69, 9.17) is 14.2 Å². The molecule has 6 aromatic carbocycles. The van der Waals surface area contributed by atoms with Gasteiger partial charge in [0.25, 0.3) is 0 Å². The van der Waals surface area contributed by atoms with Crippen LogP contribution in [0.4, 0.5) is 0 Å². The van der Waals surface area contributed by atoms with Crippen molar-refractivity contribution in [2.75, 3.05) is 13.2 Å². The second-order valence-electron chi connectivity index (χ2n) is 11.0. The fourth-order valence-corrected chi connectivity index (χ4v) is 5.56.